The van der Waals surface area contributed by atoms with E-state index in [2.05, 4.69) is 67.6 Å². The summed E-state index contributed by atoms with van der Waals surface area (Å²) in [6, 6.07) is 12.5. The van der Waals surface area contributed by atoms with Gasteiger partial charge in [-0.25, -0.2) is 0 Å². The summed E-state index contributed by atoms with van der Waals surface area (Å²) >= 11 is 2.36. The van der Waals surface area contributed by atoms with E-state index < -0.39 is 0 Å². The van der Waals surface area contributed by atoms with Crippen LogP contribution >= 0.6 is 22.6 Å². The number of hydrogen-bond acceptors (Lipinski definition) is 3. The van der Waals surface area contributed by atoms with Gasteiger partial charge < -0.3 is 9.47 Å². The third-order valence-corrected chi connectivity index (χ3v) is 5.59. The Hall–Kier alpha value is -2.08. The first kappa shape index (κ1) is 20.6. The number of fused-ring (bicyclic) bond motifs is 1. The molecule has 0 saturated heterocycles. The van der Waals surface area contributed by atoms with E-state index in [4.69, 9.17) is 9.47 Å². The van der Waals surface area contributed by atoms with Crippen molar-refractivity contribution in [1.29, 1.82) is 0 Å². The number of hydrogen-bond donors (Lipinski definition) is 0. The van der Waals surface area contributed by atoms with Gasteiger partial charge in [0.1, 0.15) is 18.1 Å². The quantitative estimate of drug-likeness (QED) is 0.381. The van der Waals surface area contributed by atoms with Crippen LogP contribution in [0.2, 0.25) is 0 Å². The van der Waals surface area contributed by atoms with Gasteiger partial charge in [-0.15, -0.1) is 0 Å². The number of carbonyl (C=O) groups is 1. The molecule has 0 aromatic heterocycles. The van der Waals surface area contributed by atoms with Gasteiger partial charge in [0.15, 0.2) is 5.78 Å². The minimum Gasteiger partial charge on any atom is -0.497 e. The number of allylic oxidation sites excluding steroid dienone is 1. The second-order valence-electron chi connectivity index (χ2n) is 7.93. The number of rotatable bonds is 4. The van der Waals surface area contributed by atoms with E-state index >= 15 is 0 Å². The molecule has 0 radical (unpaired) electrons. The molecule has 0 spiro atoms. The average Bonchev–Trinajstić information content (AvgIpc) is 2.65. The second kappa shape index (κ2) is 8.11. The van der Waals surface area contributed by atoms with E-state index in [0.29, 0.717) is 6.61 Å². The molecule has 146 valence electrons. The maximum absolute atomic E-state index is 11.5. The molecule has 0 fully saturated rings. The topological polar surface area (TPSA) is 35.5 Å². The summed E-state index contributed by atoms with van der Waals surface area (Å²) in [5.41, 5.74) is 5.48. The summed E-state index contributed by atoms with van der Waals surface area (Å²) < 4.78 is 12.6. The molecule has 0 N–H and O–H groups in total. The van der Waals surface area contributed by atoms with Gasteiger partial charge in [-0.3, -0.25) is 4.79 Å². The molecule has 0 atom stereocenters. The van der Waals surface area contributed by atoms with E-state index in [0.717, 1.165) is 31.8 Å². The molecule has 4 heteroatoms. The second-order valence-corrected chi connectivity index (χ2v) is 9.24. The highest BCUT2D eigenvalue weighted by Gasteiger charge is 2.26. The first-order chi connectivity index (χ1) is 13.2. The molecule has 3 rings (SSSR count). The van der Waals surface area contributed by atoms with Crippen molar-refractivity contribution in [2.24, 2.45) is 0 Å². The van der Waals surface area contributed by atoms with Crippen molar-refractivity contribution in [2.75, 3.05) is 13.7 Å². The summed E-state index contributed by atoms with van der Waals surface area (Å²) in [7, 11) is 1.67. The van der Waals surface area contributed by atoms with Crippen LogP contribution in [0.5, 0.6) is 11.5 Å². The van der Waals surface area contributed by atoms with Crippen LogP contribution in [-0.4, -0.2) is 19.5 Å². The lowest BCUT2D eigenvalue weighted by Crippen LogP contribution is -2.15. The average molecular weight is 488 g/mol. The lowest BCUT2D eigenvalue weighted by molar-refractivity contribution is -0.112. The molecular weight excluding hydrogens is 463 g/mol. The van der Waals surface area contributed by atoms with Crippen LogP contribution in [0.25, 0.3) is 11.6 Å². The van der Waals surface area contributed by atoms with Crippen LogP contribution in [0.1, 0.15) is 49.9 Å². The molecule has 0 aliphatic carbocycles. The minimum absolute atomic E-state index is 0.0196. The summed E-state index contributed by atoms with van der Waals surface area (Å²) in [6.45, 7) is 8.66. The summed E-state index contributed by atoms with van der Waals surface area (Å²) in [5, 5.41) is 0. The molecule has 1 aliphatic rings. The number of methoxy groups -OCH3 is 1. The van der Waals surface area contributed by atoms with Crippen LogP contribution in [0.4, 0.5) is 0 Å². The van der Waals surface area contributed by atoms with Crippen LogP contribution in [-0.2, 0) is 10.2 Å². The maximum atomic E-state index is 11.5. The molecule has 28 heavy (non-hydrogen) atoms. The molecule has 0 saturated carbocycles. The normalized spacial score (nSPS) is 14.1. The molecule has 1 heterocycles. The monoisotopic (exact) mass is 488 g/mol. The minimum atomic E-state index is -0.0260. The van der Waals surface area contributed by atoms with Crippen molar-refractivity contribution in [3.63, 3.8) is 0 Å². The molecule has 0 unspecified atom stereocenters. The molecule has 3 nitrogen and oxygen atoms in total. The van der Waals surface area contributed by atoms with Crippen LogP contribution in [0.3, 0.4) is 0 Å². The fraction of sp³-hybridized carbons (Fsp3) is 0.292. The Balaban J connectivity index is 2.24. The number of halogens is 1. The molecule has 2 aromatic rings. The first-order valence-corrected chi connectivity index (χ1v) is 10.3. The zero-order valence-corrected chi connectivity index (χ0v) is 19.1. The van der Waals surface area contributed by atoms with E-state index in [-0.39, 0.29) is 11.2 Å². The van der Waals surface area contributed by atoms with Crippen molar-refractivity contribution >= 4 is 40.0 Å². The molecule has 0 bridgehead atoms. The van der Waals surface area contributed by atoms with Gasteiger partial charge >= 0.3 is 0 Å². The predicted octanol–water partition coefficient (Wildman–Crippen LogP) is 6.18. The number of benzene rings is 2. The Morgan fingerprint density at radius 1 is 1.18 bits per heavy atom. The molecule has 1 aliphatic heterocycles. The van der Waals surface area contributed by atoms with Gasteiger partial charge in [0, 0.05) is 20.3 Å². The summed E-state index contributed by atoms with van der Waals surface area (Å²) in [5.74, 6) is 1.68. The number of carbonyl (C=O) groups excluding carboxylic acids is 1. The fourth-order valence-corrected chi connectivity index (χ4v) is 3.94. The Morgan fingerprint density at radius 2 is 1.86 bits per heavy atom. The van der Waals surface area contributed by atoms with E-state index in [9.17, 15) is 4.79 Å². The fourth-order valence-electron chi connectivity index (χ4n) is 3.19. The smallest absolute Gasteiger partial charge is 0.152 e. The van der Waals surface area contributed by atoms with Crippen molar-refractivity contribution in [3.05, 3.63) is 68.3 Å². The van der Waals surface area contributed by atoms with E-state index in [1.165, 1.54) is 11.1 Å². The Kier molecular flexibility index (Phi) is 5.98. The summed E-state index contributed by atoms with van der Waals surface area (Å²) in [4.78, 5) is 11.5. The predicted molar refractivity (Wildman–Crippen MR) is 123 cm³/mol. The Morgan fingerprint density at radius 3 is 2.43 bits per heavy atom. The number of ether oxygens (including phenoxy) is 2. The van der Waals surface area contributed by atoms with Gasteiger partial charge in [0.05, 0.1) is 7.11 Å². The van der Waals surface area contributed by atoms with Crippen LogP contribution in [0, 0.1) is 0 Å². The van der Waals surface area contributed by atoms with Crippen molar-refractivity contribution in [2.45, 2.75) is 33.1 Å². The van der Waals surface area contributed by atoms with E-state index in [1.54, 1.807) is 20.1 Å². The SMILES string of the molecule is COc1ccc(C2=C(I)COc3c(/C=C/C(C)=O)cc(C(C)(C)C)cc32)cc1. The zero-order chi connectivity index (χ0) is 20.5. The van der Waals surface area contributed by atoms with Gasteiger partial charge in [-0.2, -0.15) is 0 Å². The number of ketones is 1. The van der Waals surface area contributed by atoms with Crippen molar-refractivity contribution < 1.29 is 14.3 Å². The maximum Gasteiger partial charge on any atom is 0.152 e. The van der Waals surface area contributed by atoms with Gasteiger partial charge in [0.2, 0.25) is 0 Å². The highest BCUT2D eigenvalue weighted by atomic mass is 127. The van der Waals surface area contributed by atoms with Crippen molar-refractivity contribution in [3.8, 4) is 11.5 Å². The van der Waals surface area contributed by atoms with Gasteiger partial charge in [0.25, 0.3) is 0 Å². The third kappa shape index (κ3) is 4.32. The third-order valence-electron chi connectivity index (χ3n) is 4.74. The summed E-state index contributed by atoms with van der Waals surface area (Å²) in [6.07, 6.45) is 3.46. The van der Waals surface area contributed by atoms with Crippen LogP contribution < -0.4 is 9.47 Å². The van der Waals surface area contributed by atoms with Gasteiger partial charge in [-0.1, -0.05) is 32.9 Å². The largest absolute Gasteiger partial charge is 0.497 e. The molecule has 2 aromatic carbocycles. The zero-order valence-electron chi connectivity index (χ0n) is 16.9. The molecular formula is C24H25IO3. The molecule has 0 amide bonds. The lowest BCUT2D eigenvalue weighted by Gasteiger charge is -2.28. The standard InChI is InChI=1S/C24H25IO3/c1-15(26)6-7-17-12-18(24(2,3)4)13-20-22(21(25)14-28-23(17)20)16-8-10-19(27-5)11-9-16/h6-13H,14H2,1-5H3/b7-6+. The van der Waals surface area contributed by atoms with Crippen LogP contribution in [0.15, 0.2) is 46.1 Å². The highest BCUT2D eigenvalue weighted by Crippen LogP contribution is 2.44. The first-order valence-electron chi connectivity index (χ1n) is 9.24. The Bertz CT molecular complexity index is 961. The van der Waals surface area contributed by atoms with Gasteiger partial charge in [-0.05, 0) is 82.5 Å². The van der Waals surface area contributed by atoms with E-state index in [1.807, 2.05) is 18.2 Å². The van der Waals surface area contributed by atoms with Crippen molar-refractivity contribution in [1.82, 2.24) is 0 Å². The highest BCUT2D eigenvalue weighted by molar-refractivity contribution is 14.1. The Labute approximate surface area is 180 Å². The lowest BCUT2D eigenvalue weighted by atomic mass is 9.82.